The molecule has 1 saturated heterocycles. The van der Waals surface area contributed by atoms with Crippen LogP contribution in [-0.4, -0.2) is 46.4 Å². The van der Waals surface area contributed by atoms with Crippen molar-refractivity contribution in [2.45, 2.75) is 89.8 Å². The first-order valence-electron chi connectivity index (χ1n) is 13.5. The second-order valence-electron chi connectivity index (χ2n) is 13.1. The number of aliphatic hydroxyl groups is 1. The van der Waals surface area contributed by atoms with Crippen molar-refractivity contribution >= 4 is 0 Å². The number of hydrogen-bond donors (Lipinski definition) is 1. The molecule has 1 aromatic heterocycles. The SMILES string of the molecule is C[n+]1ccn([C@H]2C[C@H]3[C@@H]4CC=C5C[C@@H]([N+]6(C)CCCC6)CC[C@]5(C)[C@H]4CC[C@]3(C)[C@H]2O)c1.[I-].[I-]. The number of aryl methyl sites for hydroxylation is 1. The number of likely N-dealkylation sites (tertiary alicyclic amines) is 1. The van der Waals surface area contributed by atoms with Gasteiger partial charge in [-0.3, -0.25) is 0 Å². The predicted molar refractivity (Wildman–Crippen MR) is 127 cm³/mol. The van der Waals surface area contributed by atoms with Gasteiger partial charge in [0.2, 0.25) is 6.33 Å². The Labute approximate surface area is 241 Å². The third-order valence-corrected chi connectivity index (χ3v) is 11.7. The normalized spacial score (nSPS) is 44.7. The molecule has 4 aliphatic carbocycles. The average molecular weight is 693 g/mol. The maximum Gasteiger partial charge on any atom is 0.243 e. The van der Waals surface area contributed by atoms with Crippen molar-refractivity contribution < 1.29 is 62.1 Å². The third-order valence-electron chi connectivity index (χ3n) is 11.7. The zero-order chi connectivity index (χ0) is 22.3. The van der Waals surface area contributed by atoms with E-state index in [1.165, 1.54) is 68.9 Å². The Balaban J connectivity index is 0.00000137. The molecule has 0 unspecified atom stereocenters. The summed E-state index contributed by atoms with van der Waals surface area (Å²) in [5, 5.41) is 11.5. The Bertz CT molecular complexity index is 925. The molecule has 3 saturated carbocycles. The standard InChI is InChI=1S/C28H45N3O.2HI/c1-27-11-9-21(31(4)15-5-6-16-31)17-20(27)7-8-22-23(27)10-12-28(2)24(22)18-25(26(28)32)30-14-13-29(3)19-30;;/h7,13-14,19,21-26,32H,5-6,8-12,15-18H2,1-4H3;2*1H/q+2;;/p-2/t21-,22+,23-,24-,25-,26-,27-,28-;;/m0../s1. The summed E-state index contributed by atoms with van der Waals surface area (Å²) in [6.07, 6.45) is 20.8. The maximum atomic E-state index is 11.5. The van der Waals surface area contributed by atoms with Crippen molar-refractivity contribution in [2.24, 2.45) is 35.6 Å². The summed E-state index contributed by atoms with van der Waals surface area (Å²) < 4.78 is 5.74. The number of fused-ring (bicyclic) bond motifs is 5. The highest BCUT2D eigenvalue weighted by atomic mass is 127. The molecule has 0 amide bonds. The summed E-state index contributed by atoms with van der Waals surface area (Å²) in [7, 11) is 4.62. The minimum Gasteiger partial charge on any atom is -1.00 e. The molecule has 5 aliphatic rings. The van der Waals surface area contributed by atoms with Crippen LogP contribution in [0.1, 0.15) is 77.7 Å². The van der Waals surface area contributed by atoms with Gasteiger partial charge in [0, 0.05) is 31.1 Å². The molecule has 34 heavy (non-hydrogen) atoms. The Kier molecular flexibility index (Phi) is 7.70. The molecule has 4 fully saturated rings. The van der Waals surface area contributed by atoms with Gasteiger partial charge in [-0.25, -0.2) is 9.13 Å². The zero-order valence-corrected chi connectivity index (χ0v) is 25.9. The summed E-state index contributed by atoms with van der Waals surface area (Å²) >= 11 is 0. The molecule has 192 valence electrons. The number of aromatic nitrogens is 2. The molecule has 0 spiro atoms. The highest BCUT2D eigenvalue weighted by Gasteiger charge is 2.62. The molecule has 0 radical (unpaired) electrons. The number of allylic oxidation sites excluding steroid dienone is 1. The molecule has 1 aromatic rings. The lowest BCUT2D eigenvalue weighted by Crippen LogP contribution is -3.00. The minimum atomic E-state index is -0.227. The first-order valence-corrected chi connectivity index (χ1v) is 13.5. The molecule has 6 heteroatoms. The van der Waals surface area contributed by atoms with Gasteiger partial charge in [-0.15, -0.1) is 0 Å². The maximum absolute atomic E-state index is 11.5. The molecule has 1 aliphatic heterocycles. The van der Waals surface area contributed by atoms with Crippen molar-refractivity contribution in [2.75, 3.05) is 20.1 Å². The van der Waals surface area contributed by atoms with Crippen LogP contribution < -0.4 is 52.5 Å². The van der Waals surface area contributed by atoms with Crippen molar-refractivity contribution in [3.05, 3.63) is 30.4 Å². The number of imidazole rings is 1. The molecule has 1 N–H and O–H groups in total. The van der Waals surface area contributed by atoms with Gasteiger partial charge in [0.25, 0.3) is 0 Å². The number of rotatable bonds is 2. The van der Waals surface area contributed by atoms with E-state index in [1.54, 1.807) is 0 Å². The fraction of sp³-hybridized carbons (Fsp3) is 0.821. The molecule has 0 bridgehead atoms. The largest absolute Gasteiger partial charge is 1.00 e. The second-order valence-corrected chi connectivity index (χ2v) is 13.1. The molecular weight excluding hydrogens is 648 g/mol. The van der Waals surface area contributed by atoms with E-state index in [0.29, 0.717) is 11.3 Å². The van der Waals surface area contributed by atoms with Crippen LogP contribution in [0.5, 0.6) is 0 Å². The lowest BCUT2D eigenvalue weighted by molar-refractivity contribution is -0.923. The van der Waals surface area contributed by atoms with Crippen molar-refractivity contribution in [1.82, 2.24) is 4.57 Å². The van der Waals surface area contributed by atoms with E-state index < -0.39 is 0 Å². The van der Waals surface area contributed by atoms with Crippen molar-refractivity contribution in [3.8, 4) is 0 Å². The van der Waals surface area contributed by atoms with E-state index in [0.717, 1.165) is 24.3 Å². The van der Waals surface area contributed by atoms with E-state index >= 15 is 0 Å². The van der Waals surface area contributed by atoms with Crippen LogP contribution in [0.15, 0.2) is 30.4 Å². The van der Waals surface area contributed by atoms with E-state index in [1.807, 2.05) is 5.57 Å². The topological polar surface area (TPSA) is 29.0 Å². The van der Waals surface area contributed by atoms with E-state index in [-0.39, 0.29) is 65.5 Å². The highest BCUT2D eigenvalue weighted by molar-refractivity contribution is 5.26. The number of hydrogen-bond acceptors (Lipinski definition) is 1. The van der Waals surface area contributed by atoms with Crippen molar-refractivity contribution in [3.63, 3.8) is 0 Å². The summed E-state index contributed by atoms with van der Waals surface area (Å²) in [6.45, 7) is 7.85. The van der Waals surface area contributed by atoms with E-state index in [4.69, 9.17) is 0 Å². The smallest absolute Gasteiger partial charge is 0.243 e. The quantitative estimate of drug-likeness (QED) is 0.172. The van der Waals surface area contributed by atoms with Crippen molar-refractivity contribution in [1.29, 1.82) is 0 Å². The summed E-state index contributed by atoms with van der Waals surface area (Å²) in [6, 6.07) is 1.09. The van der Waals surface area contributed by atoms with Crippen LogP contribution in [-0.2, 0) is 7.05 Å². The third kappa shape index (κ3) is 3.98. The average Bonchev–Trinajstić information content (AvgIpc) is 3.46. The van der Waals surface area contributed by atoms with Gasteiger partial charge in [0.1, 0.15) is 24.5 Å². The minimum absolute atomic E-state index is 0. The molecule has 6 rings (SSSR count). The van der Waals surface area contributed by atoms with E-state index in [9.17, 15) is 5.11 Å². The van der Waals surface area contributed by atoms with Gasteiger partial charge in [0.15, 0.2) is 0 Å². The second kappa shape index (κ2) is 9.57. The Morgan fingerprint density at radius 1 is 1.09 bits per heavy atom. The molecule has 0 aromatic carbocycles. The fourth-order valence-electron chi connectivity index (χ4n) is 9.53. The lowest BCUT2D eigenvalue weighted by atomic mass is 9.47. The first kappa shape index (κ1) is 27.4. The summed E-state index contributed by atoms with van der Waals surface area (Å²) in [5.41, 5.74) is 2.29. The number of nitrogens with zero attached hydrogens (tertiary/aromatic N) is 3. The molecular formula is C28H45I2N3O. The van der Waals surface area contributed by atoms with Gasteiger partial charge in [0.05, 0.1) is 33.2 Å². The van der Waals surface area contributed by atoms with Gasteiger partial charge in [-0.05, 0) is 55.3 Å². The van der Waals surface area contributed by atoms with Crippen LogP contribution in [0.4, 0.5) is 0 Å². The Hall–Kier alpha value is 0.330. The zero-order valence-electron chi connectivity index (χ0n) is 21.6. The molecule has 4 nitrogen and oxygen atoms in total. The Morgan fingerprint density at radius 3 is 2.50 bits per heavy atom. The van der Waals surface area contributed by atoms with Crippen LogP contribution >= 0.6 is 0 Å². The van der Waals surface area contributed by atoms with Crippen LogP contribution in [0.25, 0.3) is 0 Å². The summed E-state index contributed by atoms with van der Waals surface area (Å²) in [5.74, 6) is 2.21. The van der Waals surface area contributed by atoms with Gasteiger partial charge in [-0.2, -0.15) is 0 Å². The molecule has 8 atom stereocenters. The van der Waals surface area contributed by atoms with Crippen LogP contribution in [0.2, 0.25) is 0 Å². The van der Waals surface area contributed by atoms with Crippen LogP contribution in [0.3, 0.4) is 0 Å². The van der Waals surface area contributed by atoms with Crippen LogP contribution in [0, 0.1) is 28.6 Å². The lowest BCUT2D eigenvalue weighted by Gasteiger charge is -2.58. The Morgan fingerprint density at radius 2 is 1.82 bits per heavy atom. The predicted octanol–water partition coefficient (Wildman–Crippen LogP) is -1.60. The number of quaternary nitrogens is 1. The number of aliphatic hydroxyl groups excluding tert-OH is 1. The highest BCUT2D eigenvalue weighted by Crippen LogP contribution is 2.66. The fourth-order valence-corrected chi connectivity index (χ4v) is 9.53. The van der Waals surface area contributed by atoms with Gasteiger partial charge >= 0.3 is 0 Å². The van der Waals surface area contributed by atoms with Gasteiger partial charge < -0.3 is 57.5 Å². The monoisotopic (exact) mass is 693 g/mol. The van der Waals surface area contributed by atoms with E-state index in [2.05, 4.69) is 61.9 Å². The number of halogens is 2. The summed E-state index contributed by atoms with van der Waals surface area (Å²) in [4.78, 5) is 0. The van der Waals surface area contributed by atoms with Gasteiger partial charge in [-0.1, -0.05) is 25.5 Å². The molecule has 2 heterocycles. The first-order chi connectivity index (χ1) is 15.2.